The van der Waals surface area contributed by atoms with E-state index < -0.39 is 0 Å². The summed E-state index contributed by atoms with van der Waals surface area (Å²) in [6.07, 6.45) is 0.00303. The third-order valence-electron chi connectivity index (χ3n) is 2.92. The molecule has 1 aromatic heterocycles. The molecular formula is C15H16IN5O2. The van der Waals surface area contributed by atoms with Gasteiger partial charge in [0.05, 0.1) is 22.5 Å². The smallest absolute Gasteiger partial charge is 0.222 e. The van der Waals surface area contributed by atoms with Gasteiger partial charge in [-0.2, -0.15) is 10.2 Å². The van der Waals surface area contributed by atoms with E-state index in [0.29, 0.717) is 22.8 Å². The highest BCUT2D eigenvalue weighted by Crippen LogP contribution is 2.38. The number of halogens is 1. The van der Waals surface area contributed by atoms with E-state index in [-0.39, 0.29) is 23.4 Å². The van der Waals surface area contributed by atoms with Crippen LogP contribution in [0.25, 0.3) is 11.3 Å². The van der Waals surface area contributed by atoms with Crippen molar-refractivity contribution in [3.8, 4) is 28.8 Å². The molecule has 0 saturated heterocycles. The number of nitriles is 1. The molecule has 120 valence electrons. The minimum atomic E-state index is 0.00303. The van der Waals surface area contributed by atoms with Crippen LogP contribution in [0.1, 0.15) is 19.4 Å². The van der Waals surface area contributed by atoms with Crippen LogP contribution in [0.4, 0.5) is 11.8 Å². The summed E-state index contributed by atoms with van der Waals surface area (Å²) in [6.45, 7) is 3.87. The van der Waals surface area contributed by atoms with E-state index in [1.165, 1.54) is 0 Å². The second-order valence-electron chi connectivity index (χ2n) is 4.96. The highest BCUT2D eigenvalue weighted by atomic mass is 127. The molecule has 1 aromatic carbocycles. The Morgan fingerprint density at radius 2 is 1.96 bits per heavy atom. The lowest BCUT2D eigenvalue weighted by Gasteiger charge is -2.17. The zero-order valence-electron chi connectivity index (χ0n) is 12.9. The van der Waals surface area contributed by atoms with Gasteiger partial charge in [-0.1, -0.05) is 0 Å². The fourth-order valence-corrected chi connectivity index (χ4v) is 2.75. The molecule has 4 N–H and O–H groups in total. The van der Waals surface area contributed by atoms with Gasteiger partial charge < -0.3 is 20.9 Å². The Balaban J connectivity index is 2.67. The van der Waals surface area contributed by atoms with Gasteiger partial charge in [0.15, 0.2) is 11.5 Å². The van der Waals surface area contributed by atoms with Gasteiger partial charge in [0.1, 0.15) is 17.5 Å². The number of anilines is 2. The molecule has 1 heterocycles. The van der Waals surface area contributed by atoms with Crippen molar-refractivity contribution in [2.45, 2.75) is 20.0 Å². The van der Waals surface area contributed by atoms with Crippen molar-refractivity contribution in [3.05, 3.63) is 21.3 Å². The first-order valence-corrected chi connectivity index (χ1v) is 7.82. The number of nitrogens with two attached hydrogens (primary N) is 2. The lowest BCUT2D eigenvalue weighted by atomic mass is 10.1. The number of benzene rings is 1. The quantitative estimate of drug-likeness (QED) is 0.723. The van der Waals surface area contributed by atoms with Gasteiger partial charge in [-0.25, -0.2) is 4.98 Å². The van der Waals surface area contributed by atoms with Crippen molar-refractivity contribution < 1.29 is 9.47 Å². The first-order valence-electron chi connectivity index (χ1n) is 6.75. The van der Waals surface area contributed by atoms with Crippen molar-refractivity contribution in [1.29, 1.82) is 5.26 Å². The maximum absolute atomic E-state index is 9.31. The molecule has 0 fully saturated rings. The highest BCUT2D eigenvalue weighted by Gasteiger charge is 2.18. The van der Waals surface area contributed by atoms with Gasteiger partial charge >= 0.3 is 0 Å². The molecule has 2 aromatic rings. The standard InChI is InChI=1S/C15H16IN5O2/c1-7(2)23-13-10(16)4-8(5-11(13)22-3)12-9(6-17)14(18)21-15(19)20-12/h4-5,7H,1-3H3,(H4,18,19,20,21). The number of hydrogen-bond acceptors (Lipinski definition) is 7. The fraction of sp³-hybridized carbons (Fsp3) is 0.267. The third-order valence-corrected chi connectivity index (χ3v) is 3.72. The van der Waals surface area contributed by atoms with Crippen LogP contribution < -0.4 is 20.9 Å². The molecule has 0 aliphatic heterocycles. The van der Waals surface area contributed by atoms with Crippen molar-refractivity contribution in [2.75, 3.05) is 18.6 Å². The van der Waals surface area contributed by atoms with Gasteiger partial charge in [-0.05, 0) is 48.6 Å². The Hall–Kier alpha value is -2.28. The summed E-state index contributed by atoms with van der Waals surface area (Å²) in [6, 6.07) is 5.59. The van der Waals surface area contributed by atoms with Crippen LogP contribution in [-0.4, -0.2) is 23.2 Å². The number of nitrogens with zero attached hydrogens (tertiary/aromatic N) is 3. The van der Waals surface area contributed by atoms with Gasteiger partial charge in [-0.15, -0.1) is 0 Å². The van der Waals surface area contributed by atoms with Crippen molar-refractivity contribution in [2.24, 2.45) is 0 Å². The van der Waals surface area contributed by atoms with Crippen molar-refractivity contribution in [3.63, 3.8) is 0 Å². The maximum Gasteiger partial charge on any atom is 0.222 e. The van der Waals surface area contributed by atoms with Crippen molar-refractivity contribution in [1.82, 2.24) is 9.97 Å². The zero-order valence-corrected chi connectivity index (χ0v) is 15.1. The molecule has 0 spiro atoms. The molecule has 0 aliphatic carbocycles. The summed E-state index contributed by atoms with van der Waals surface area (Å²) in [7, 11) is 1.55. The number of aromatic nitrogens is 2. The summed E-state index contributed by atoms with van der Waals surface area (Å²) >= 11 is 2.14. The Bertz CT molecular complexity index is 786. The van der Waals surface area contributed by atoms with E-state index in [0.717, 1.165) is 3.57 Å². The zero-order chi connectivity index (χ0) is 17.1. The minimum Gasteiger partial charge on any atom is -0.493 e. The largest absolute Gasteiger partial charge is 0.493 e. The van der Waals surface area contributed by atoms with E-state index in [9.17, 15) is 5.26 Å². The Kier molecular flexibility index (Phi) is 5.10. The van der Waals surface area contributed by atoms with E-state index in [4.69, 9.17) is 20.9 Å². The summed E-state index contributed by atoms with van der Waals surface area (Å²) in [4.78, 5) is 7.96. The maximum atomic E-state index is 9.31. The van der Waals surface area contributed by atoms with Crippen LogP contribution >= 0.6 is 22.6 Å². The minimum absolute atomic E-state index is 0.00303. The summed E-state index contributed by atoms with van der Waals surface area (Å²) < 4.78 is 12.0. The first kappa shape index (κ1) is 17.1. The molecule has 8 heteroatoms. The molecular weight excluding hydrogens is 409 g/mol. The second-order valence-corrected chi connectivity index (χ2v) is 6.12. The second kappa shape index (κ2) is 6.87. The SMILES string of the molecule is COc1cc(-c2nc(N)nc(N)c2C#N)cc(I)c1OC(C)C. The molecule has 0 unspecified atom stereocenters. The molecule has 0 saturated carbocycles. The summed E-state index contributed by atoms with van der Waals surface area (Å²) in [5.41, 5.74) is 12.6. The van der Waals surface area contributed by atoms with Crippen LogP contribution in [0.2, 0.25) is 0 Å². The number of ether oxygens (including phenoxy) is 2. The number of nitrogen functional groups attached to an aromatic ring is 2. The highest BCUT2D eigenvalue weighted by molar-refractivity contribution is 14.1. The molecule has 0 atom stereocenters. The fourth-order valence-electron chi connectivity index (χ4n) is 2.02. The van der Waals surface area contributed by atoms with E-state index in [1.54, 1.807) is 13.2 Å². The van der Waals surface area contributed by atoms with E-state index in [2.05, 4.69) is 32.6 Å². The molecule has 23 heavy (non-hydrogen) atoms. The molecule has 2 rings (SSSR count). The van der Waals surface area contributed by atoms with Gasteiger partial charge in [0.2, 0.25) is 5.95 Å². The lowest BCUT2D eigenvalue weighted by molar-refractivity contribution is 0.228. The monoisotopic (exact) mass is 425 g/mol. The molecule has 0 amide bonds. The van der Waals surface area contributed by atoms with Crippen LogP contribution in [0, 0.1) is 14.9 Å². The van der Waals surface area contributed by atoms with Crippen LogP contribution in [0.15, 0.2) is 12.1 Å². The van der Waals surface area contributed by atoms with Crippen LogP contribution in [0.3, 0.4) is 0 Å². The summed E-state index contributed by atoms with van der Waals surface area (Å²) in [5, 5.41) is 9.31. The topological polar surface area (TPSA) is 120 Å². The van der Waals surface area contributed by atoms with Crippen LogP contribution in [-0.2, 0) is 0 Å². The van der Waals surface area contributed by atoms with Crippen LogP contribution in [0.5, 0.6) is 11.5 Å². The molecule has 7 nitrogen and oxygen atoms in total. The number of methoxy groups -OCH3 is 1. The van der Waals surface area contributed by atoms with Gasteiger partial charge in [0.25, 0.3) is 0 Å². The molecule has 0 radical (unpaired) electrons. The lowest BCUT2D eigenvalue weighted by Crippen LogP contribution is -2.09. The van der Waals surface area contributed by atoms with Gasteiger partial charge in [-0.3, -0.25) is 0 Å². The third kappa shape index (κ3) is 3.56. The van der Waals surface area contributed by atoms with E-state index in [1.807, 2.05) is 26.0 Å². The predicted molar refractivity (Wildman–Crippen MR) is 96.0 cm³/mol. The van der Waals surface area contributed by atoms with E-state index >= 15 is 0 Å². The predicted octanol–water partition coefficient (Wildman–Crippen LogP) is 2.58. The molecule has 0 aliphatic rings. The average molecular weight is 425 g/mol. The first-order chi connectivity index (χ1) is 10.9. The Morgan fingerprint density at radius 3 is 2.52 bits per heavy atom. The Morgan fingerprint density at radius 1 is 1.26 bits per heavy atom. The Labute approximate surface area is 147 Å². The molecule has 0 bridgehead atoms. The number of hydrogen-bond donors (Lipinski definition) is 2. The number of rotatable bonds is 4. The van der Waals surface area contributed by atoms with Crippen molar-refractivity contribution >= 4 is 34.4 Å². The normalized spacial score (nSPS) is 10.4. The summed E-state index contributed by atoms with van der Waals surface area (Å²) in [5.74, 6) is 1.24. The average Bonchev–Trinajstić information content (AvgIpc) is 2.48. The van der Waals surface area contributed by atoms with Gasteiger partial charge in [0, 0.05) is 5.56 Å².